The Bertz CT molecular complexity index is 528. The zero-order valence-corrected chi connectivity index (χ0v) is 10.2. The molecule has 0 unspecified atom stereocenters. The monoisotopic (exact) mass is 269 g/mol. The standard InChI is InChI=1S/C12H13F2N3O2/c13-8-4-5-9(17(18)19)11(14)10(8)12(15)16-6-2-1-3-7-16/h4-5,15H,1-3,6-7H2. The molecule has 19 heavy (non-hydrogen) atoms. The fourth-order valence-corrected chi connectivity index (χ4v) is 2.18. The Morgan fingerprint density at radius 2 is 1.89 bits per heavy atom. The number of nitro groups is 1. The van der Waals surface area contributed by atoms with Crippen molar-refractivity contribution < 1.29 is 13.7 Å². The van der Waals surface area contributed by atoms with Crippen LogP contribution in [0.5, 0.6) is 0 Å². The summed E-state index contributed by atoms with van der Waals surface area (Å²) in [5.41, 5.74) is -1.42. The molecule has 0 aliphatic carbocycles. The molecule has 0 bridgehead atoms. The molecule has 0 saturated carbocycles. The van der Waals surface area contributed by atoms with Gasteiger partial charge in [0.05, 0.1) is 10.5 Å². The SMILES string of the molecule is N=C(c1c(F)ccc([N+](=O)[O-])c1F)N1CCCCC1. The zero-order chi connectivity index (χ0) is 14.0. The number of likely N-dealkylation sites (tertiary alicyclic amines) is 1. The molecule has 1 heterocycles. The second kappa shape index (κ2) is 5.29. The highest BCUT2D eigenvalue weighted by atomic mass is 19.1. The predicted octanol–water partition coefficient (Wildman–Crippen LogP) is 2.68. The molecule has 0 spiro atoms. The van der Waals surface area contributed by atoms with Gasteiger partial charge in [-0.15, -0.1) is 0 Å². The van der Waals surface area contributed by atoms with Crippen molar-refractivity contribution in [3.8, 4) is 0 Å². The number of hydrogen-bond acceptors (Lipinski definition) is 3. The summed E-state index contributed by atoms with van der Waals surface area (Å²) >= 11 is 0. The van der Waals surface area contributed by atoms with Crippen LogP contribution < -0.4 is 0 Å². The van der Waals surface area contributed by atoms with E-state index in [9.17, 15) is 18.9 Å². The summed E-state index contributed by atoms with van der Waals surface area (Å²) in [5, 5.41) is 18.5. The van der Waals surface area contributed by atoms with Crippen LogP contribution in [0.2, 0.25) is 0 Å². The third kappa shape index (κ3) is 2.54. The molecule has 2 rings (SSSR count). The molecule has 0 aromatic heterocycles. The van der Waals surface area contributed by atoms with Crippen LogP contribution in [0.15, 0.2) is 12.1 Å². The van der Waals surface area contributed by atoms with E-state index in [-0.39, 0.29) is 5.84 Å². The maximum atomic E-state index is 13.9. The molecule has 102 valence electrons. The van der Waals surface area contributed by atoms with Crippen molar-refractivity contribution in [1.29, 1.82) is 5.41 Å². The predicted molar refractivity (Wildman–Crippen MR) is 65.3 cm³/mol. The summed E-state index contributed by atoms with van der Waals surface area (Å²) < 4.78 is 27.6. The summed E-state index contributed by atoms with van der Waals surface area (Å²) in [4.78, 5) is 11.3. The van der Waals surface area contributed by atoms with E-state index < -0.39 is 27.8 Å². The molecule has 1 N–H and O–H groups in total. The summed E-state index contributed by atoms with van der Waals surface area (Å²) in [6.45, 7) is 1.08. The van der Waals surface area contributed by atoms with E-state index in [1.165, 1.54) is 0 Å². The number of amidine groups is 1. The number of nitrogens with zero attached hydrogens (tertiary/aromatic N) is 2. The Labute approximate surface area is 108 Å². The van der Waals surface area contributed by atoms with Gasteiger partial charge in [-0.25, -0.2) is 4.39 Å². The van der Waals surface area contributed by atoms with Crippen LogP contribution in [0.4, 0.5) is 14.5 Å². The Morgan fingerprint density at radius 1 is 1.26 bits per heavy atom. The highest BCUT2D eigenvalue weighted by Crippen LogP contribution is 2.25. The van der Waals surface area contributed by atoms with Crippen molar-refractivity contribution in [2.45, 2.75) is 19.3 Å². The van der Waals surface area contributed by atoms with Crippen LogP contribution in [-0.2, 0) is 0 Å². The first-order valence-electron chi connectivity index (χ1n) is 5.98. The number of nitrogens with one attached hydrogen (secondary N) is 1. The molecular weight excluding hydrogens is 256 g/mol. The van der Waals surface area contributed by atoms with Gasteiger partial charge < -0.3 is 4.90 Å². The lowest BCUT2D eigenvalue weighted by Gasteiger charge is -2.29. The number of hydrogen-bond donors (Lipinski definition) is 1. The van der Waals surface area contributed by atoms with E-state index in [1.807, 2.05) is 0 Å². The summed E-state index contributed by atoms with van der Waals surface area (Å²) in [7, 11) is 0. The van der Waals surface area contributed by atoms with Crippen LogP contribution >= 0.6 is 0 Å². The van der Waals surface area contributed by atoms with Crippen molar-refractivity contribution in [1.82, 2.24) is 4.90 Å². The second-order valence-corrected chi connectivity index (χ2v) is 4.41. The molecule has 1 aliphatic rings. The van der Waals surface area contributed by atoms with E-state index in [1.54, 1.807) is 4.90 Å². The van der Waals surface area contributed by atoms with Crippen LogP contribution in [0, 0.1) is 27.2 Å². The molecule has 1 aromatic rings. The fourth-order valence-electron chi connectivity index (χ4n) is 2.18. The summed E-state index contributed by atoms with van der Waals surface area (Å²) in [6.07, 6.45) is 2.71. The lowest BCUT2D eigenvalue weighted by atomic mass is 10.1. The first kappa shape index (κ1) is 13.4. The third-order valence-electron chi connectivity index (χ3n) is 3.18. The van der Waals surface area contributed by atoms with Gasteiger partial charge in [0, 0.05) is 19.2 Å². The lowest BCUT2D eigenvalue weighted by molar-refractivity contribution is -0.387. The summed E-state index contributed by atoms with van der Waals surface area (Å²) in [5.74, 6) is -2.54. The minimum absolute atomic E-state index is 0.321. The molecule has 1 aliphatic heterocycles. The van der Waals surface area contributed by atoms with E-state index in [0.717, 1.165) is 31.4 Å². The van der Waals surface area contributed by atoms with E-state index in [4.69, 9.17) is 5.41 Å². The number of rotatable bonds is 2. The Balaban J connectivity index is 2.40. The first-order chi connectivity index (χ1) is 9.02. The van der Waals surface area contributed by atoms with Gasteiger partial charge in [-0.1, -0.05) is 0 Å². The van der Waals surface area contributed by atoms with Gasteiger partial charge >= 0.3 is 5.69 Å². The second-order valence-electron chi connectivity index (χ2n) is 4.41. The normalized spacial score (nSPS) is 15.4. The molecule has 0 atom stereocenters. The number of nitro benzene ring substituents is 1. The average Bonchev–Trinajstić information content (AvgIpc) is 2.39. The maximum absolute atomic E-state index is 13.9. The smallest absolute Gasteiger partial charge is 0.305 e. The molecule has 7 heteroatoms. The van der Waals surface area contributed by atoms with Crippen molar-refractivity contribution in [3.05, 3.63) is 39.4 Å². The quantitative estimate of drug-likeness (QED) is 0.388. The van der Waals surface area contributed by atoms with Crippen molar-refractivity contribution in [2.75, 3.05) is 13.1 Å². The van der Waals surface area contributed by atoms with Crippen molar-refractivity contribution in [3.63, 3.8) is 0 Å². The van der Waals surface area contributed by atoms with Gasteiger partial charge in [0.1, 0.15) is 11.7 Å². The number of halogens is 2. The van der Waals surface area contributed by atoms with E-state index >= 15 is 0 Å². The van der Waals surface area contributed by atoms with Gasteiger partial charge in [-0.3, -0.25) is 15.5 Å². The Kier molecular flexibility index (Phi) is 3.73. The maximum Gasteiger partial charge on any atom is 0.305 e. The van der Waals surface area contributed by atoms with E-state index in [2.05, 4.69) is 0 Å². The van der Waals surface area contributed by atoms with Gasteiger partial charge in [0.15, 0.2) is 0 Å². The highest BCUT2D eigenvalue weighted by Gasteiger charge is 2.27. The fraction of sp³-hybridized carbons (Fsp3) is 0.417. The Hall–Kier alpha value is -2.05. The zero-order valence-electron chi connectivity index (χ0n) is 10.2. The van der Waals surface area contributed by atoms with Crippen molar-refractivity contribution >= 4 is 11.5 Å². The minimum atomic E-state index is -1.28. The first-order valence-corrected chi connectivity index (χ1v) is 5.98. The molecule has 1 aromatic carbocycles. The number of piperidine rings is 1. The van der Waals surface area contributed by atoms with Crippen LogP contribution in [0.3, 0.4) is 0 Å². The van der Waals surface area contributed by atoms with E-state index in [0.29, 0.717) is 13.1 Å². The highest BCUT2D eigenvalue weighted by molar-refractivity contribution is 5.97. The van der Waals surface area contributed by atoms with Gasteiger partial charge in [0.2, 0.25) is 5.82 Å². The number of benzene rings is 1. The molecule has 0 amide bonds. The van der Waals surface area contributed by atoms with Crippen molar-refractivity contribution in [2.24, 2.45) is 0 Å². The average molecular weight is 269 g/mol. The van der Waals surface area contributed by atoms with Gasteiger partial charge in [0.25, 0.3) is 0 Å². The molecule has 1 saturated heterocycles. The van der Waals surface area contributed by atoms with Crippen LogP contribution in [0.25, 0.3) is 0 Å². The molecular formula is C12H13F2N3O2. The minimum Gasteiger partial charge on any atom is -0.356 e. The van der Waals surface area contributed by atoms with Gasteiger partial charge in [-0.05, 0) is 25.3 Å². The molecule has 5 nitrogen and oxygen atoms in total. The molecule has 1 fully saturated rings. The van der Waals surface area contributed by atoms with Crippen LogP contribution in [-0.4, -0.2) is 28.7 Å². The van der Waals surface area contributed by atoms with Gasteiger partial charge in [-0.2, -0.15) is 4.39 Å². The largest absolute Gasteiger partial charge is 0.356 e. The topological polar surface area (TPSA) is 70.2 Å². The van der Waals surface area contributed by atoms with Crippen LogP contribution in [0.1, 0.15) is 24.8 Å². The molecule has 0 radical (unpaired) electrons. The third-order valence-corrected chi connectivity index (χ3v) is 3.18. The Morgan fingerprint density at radius 3 is 2.47 bits per heavy atom. The lowest BCUT2D eigenvalue weighted by Crippen LogP contribution is -2.36. The summed E-state index contributed by atoms with van der Waals surface area (Å²) in [6, 6.07) is 1.60.